The minimum atomic E-state index is -0.102. The first-order valence-electron chi connectivity index (χ1n) is 21.1. The van der Waals surface area contributed by atoms with E-state index in [1.807, 2.05) is 11.3 Å². The van der Waals surface area contributed by atoms with Gasteiger partial charge in [-0.05, 0) is 111 Å². The van der Waals surface area contributed by atoms with Crippen molar-refractivity contribution in [3.63, 3.8) is 0 Å². The van der Waals surface area contributed by atoms with Crippen molar-refractivity contribution in [2.45, 2.75) is 19.3 Å². The Labute approximate surface area is 362 Å². The Kier molecular flexibility index (Phi) is 8.95. The SMILES string of the molecule is C=C1/C=C\C=C/CN(c2ccccc2)c2ccc(-c3ccc(-c4ccc(N(c5ccc6c(c5)C(C)(C)c5ccccc5-6)c5cccc6c5sc5ccccc56)cc4)cc3)cc21. The Morgan fingerprint density at radius 3 is 2.02 bits per heavy atom. The Morgan fingerprint density at radius 1 is 0.541 bits per heavy atom. The summed E-state index contributed by atoms with van der Waals surface area (Å²) in [7, 11) is 0. The molecular formula is C58H44N2S. The molecule has 1 aliphatic carbocycles. The van der Waals surface area contributed by atoms with Crippen LogP contribution in [0.5, 0.6) is 0 Å². The molecule has 0 bridgehead atoms. The highest BCUT2D eigenvalue weighted by molar-refractivity contribution is 7.26. The van der Waals surface area contributed by atoms with E-state index >= 15 is 0 Å². The number of fused-ring (bicyclic) bond motifs is 7. The Balaban J connectivity index is 0.955. The molecular weight excluding hydrogens is 757 g/mol. The van der Waals surface area contributed by atoms with Gasteiger partial charge >= 0.3 is 0 Å². The fourth-order valence-electron chi connectivity index (χ4n) is 9.49. The van der Waals surface area contributed by atoms with Crippen molar-refractivity contribution >= 4 is 65.5 Å². The predicted octanol–water partition coefficient (Wildman–Crippen LogP) is 16.4. The van der Waals surface area contributed by atoms with Crippen LogP contribution in [-0.2, 0) is 5.41 Å². The largest absolute Gasteiger partial charge is 0.337 e. The van der Waals surface area contributed by atoms with Gasteiger partial charge in [0.2, 0.25) is 0 Å². The molecule has 8 aromatic carbocycles. The zero-order valence-electron chi connectivity index (χ0n) is 34.3. The van der Waals surface area contributed by atoms with Gasteiger partial charge < -0.3 is 9.80 Å². The van der Waals surface area contributed by atoms with Crippen LogP contribution < -0.4 is 9.80 Å². The number of benzene rings is 8. The van der Waals surface area contributed by atoms with Crippen LogP contribution in [0.4, 0.5) is 28.4 Å². The molecule has 1 aliphatic heterocycles. The second-order valence-corrected chi connectivity index (χ2v) is 17.7. The summed E-state index contributed by atoms with van der Waals surface area (Å²) in [6.07, 6.45) is 8.49. The molecule has 0 atom stereocenters. The van der Waals surface area contributed by atoms with Gasteiger partial charge in [0.05, 0.1) is 10.4 Å². The first-order chi connectivity index (χ1) is 29.9. The standard InChI is InChI=1S/C58H44N2S/c1-39-15-6-5-13-36-59(44-16-7-4-8-17-44)54-35-30-43(37-51(39)54)42-26-24-40(25-27-42)41-28-31-45(32-29-41)60(55-22-14-20-50-49-19-10-12-23-56(49)61-57(50)55)46-33-34-48-47-18-9-11-21-52(47)58(2,3)53(48)38-46/h4-35,37-38H,1,36H2,2-3H3/b13-5-,15-6-. The van der Waals surface area contributed by atoms with Gasteiger partial charge in [0.15, 0.2) is 0 Å². The van der Waals surface area contributed by atoms with E-state index in [2.05, 4.69) is 237 Å². The number of anilines is 5. The predicted molar refractivity (Wildman–Crippen MR) is 263 cm³/mol. The first kappa shape index (κ1) is 36.8. The van der Waals surface area contributed by atoms with E-state index in [0.29, 0.717) is 0 Å². The molecule has 0 fully saturated rings. The monoisotopic (exact) mass is 800 g/mol. The quantitative estimate of drug-likeness (QED) is 0.165. The first-order valence-corrected chi connectivity index (χ1v) is 21.9. The van der Waals surface area contributed by atoms with Crippen LogP contribution in [-0.4, -0.2) is 6.54 Å². The van der Waals surface area contributed by atoms with Gasteiger partial charge in [-0.25, -0.2) is 0 Å². The Bertz CT molecular complexity index is 3200. The summed E-state index contributed by atoms with van der Waals surface area (Å²) in [5, 5.41) is 2.60. The Hall–Kier alpha value is -7.20. The third-order valence-corrected chi connectivity index (χ3v) is 13.9. The average molecular weight is 801 g/mol. The van der Waals surface area contributed by atoms with Crippen molar-refractivity contribution < 1.29 is 0 Å². The van der Waals surface area contributed by atoms with E-state index in [1.54, 1.807) is 0 Å². The summed E-state index contributed by atoms with van der Waals surface area (Å²) in [5.74, 6) is 0. The topological polar surface area (TPSA) is 6.48 Å². The number of allylic oxidation sites excluding steroid dienone is 4. The van der Waals surface area contributed by atoms with Gasteiger partial charge in [0.1, 0.15) is 0 Å². The van der Waals surface area contributed by atoms with Crippen LogP contribution in [0.1, 0.15) is 30.5 Å². The number of hydrogen-bond donors (Lipinski definition) is 0. The number of thiophene rings is 1. The van der Waals surface area contributed by atoms with Gasteiger partial charge in [-0.1, -0.05) is 166 Å². The lowest BCUT2D eigenvalue weighted by atomic mass is 9.82. The maximum absolute atomic E-state index is 4.48. The molecule has 2 heterocycles. The van der Waals surface area contributed by atoms with E-state index in [9.17, 15) is 0 Å². The average Bonchev–Trinajstić information content (AvgIpc) is 3.82. The normalized spacial score (nSPS) is 15.0. The van der Waals surface area contributed by atoms with Crippen LogP contribution in [0, 0.1) is 0 Å². The molecule has 0 spiro atoms. The number of hydrogen-bond acceptors (Lipinski definition) is 3. The molecule has 11 rings (SSSR count). The van der Waals surface area contributed by atoms with Crippen LogP contribution in [0.25, 0.3) is 59.1 Å². The molecule has 292 valence electrons. The van der Waals surface area contributed by atoms with Crippen LogP contribution >= 0.6 is 11.3 Å². The molecule has 0 radical (unpaired) electrons. The lowest BCUT2D eigenvalue weighted by Crippen LogP contribution is -2.18. The van der Waals surface area contributed by atoms with E-state index < -0.39 is 0 Å². The summed E-state index contributed by atoms with van der Waals surface area (Å²) in [5.41, 5.74) is 17.9. The van der Waals surface area contributed by atoms with Crippen molar-refractivity contribution in [3.8, 4) is 33.4 Å². The molecule has 0 amide bonds. The van der Waals surface area contributed by atoms with E-state index in [1.165, 1.54) is 70.4 Å². The number of nitrogens with zero attached hydrogens (tertiary/aromatic N) is 2. The van der Waals surface area contributed by atoms with Gasteiger partial charge in [-0.15, -0.1) is 11.3 Å². The lowest BCUT2D eigenvalue weighted by molar-refractivity contribution is 0.660. The van der Waals surface area contributed by atoms with Crippen molar-refractivity contribution in [2.24, 2.45) is 0 Å². The minimum absolute atomic E-state index is 0.102. The highest BCUT2D eigenvalue weighted by Crippen LogP contribution is 2.52. The zero-order chi connectivity index (χ0) is 41.1. The molecule has 0 saturated heterocycles. The lowest BCUT2D eigenvalue weighted by Gasteiger charge is -2.28. The fourth-order valence-corrected chi connectivity index (χ4v) is 10.7. The van der Waals surface area contributed by atoms with Crippen molar-refractivity contribution in [1.29, 1.82) is 0 Å². The Morgan fingerprint density at radius 2 is 1.20 bits per heavy atom. The molecule has 0 unspecified atom stereocenters. The van der Waals surface area contributed by atoms with E-state index in [0.717, 1.165) is 40.4 Å². The van der Waals surface area contributed by atoms with Gasteiger partial charge in [0, 0.05) is 55.7 Å². The van der Waals surface area contributed by atoms with Gasteiger partial charge in [-0.2, -0.15) is 0 Å². The third-order valence-electron chi connectivity index (χ3n) is 12.7. The van der Waals surface area contributed by atoms with Gasteiger partial charge in [-0.3, -0.25) is 0 Å². The molecule has 3 heteroatoms. The number of para-hydroxylation sites is 1. The highest BCUT2D eigenvalue weighted by atomic mass is 32.1. The maximum atomic E-state index is 4.48. The number of rotatable bonds is 6. The van der Waals surface area contributed by atoms with Crippen molar-refractivity contribution in [2.75, 3.05) is 16.3 Å². The summed E-state index contributed by atoms with van der Waals surface area (Å²) in [6.45, 7) is 9.98. The van der Waals surface area contributed by atoms with Crippen molar-refractivity contribution in [1.82, 2.24) is 0 Å². The highest BCUT2D eigenvalue weighted by Gasteiger charge is 2.36. The van der Waals surface area contributed by atoms with E-state index in [4.69, 9.17) is 0 Å². The van der Waals surface area contributed by atoms with Crippen molar-refractivity contribution in [3.05, 3.63) is 230 Å². The molecule has 0 N–H and O–H groups in total. The molecule has 2 aliphatic rings. The molecule has 61 heavy (non-hydrogen) atoms. The third kappa shape index (κ3) is 6.32. The van der Waals surface area contributed by atoms with Crippen LogP contribution in [0.3, 0.4) is 0 Å². The second kappa shape index (κ2) is 14.8. The summed E-state index contributed by atoms with van der Waals surface area (Å²) >= 11 is 1.88. The maximum Gasteiger partial charge on any atom is 0.0640 e. The molecule has 1 aromatic heterocycles. The van der Waals surface area contributed by atoms with Crippen LogP contribution in [0.2, 0.25) is 0 Å². The van der Waals surface area contributed by atoms with Crippen LogP contribution in [0.15, 0.2) is 213 Å². The van der Waals surface area contributed by atoms with E-state index in [-0.39, 0.29) is 5.41 Å². The second-order valence-electron chi connectivity index (χ2n) is 16.6. The summed E-state index contributed by atoms with van der Waals surface area (Å²) in [4.78, 5) is 4.82. The fraction of sp³-hybridized carbons (Fsp3) is 0.0690. The summed E-state index contributed by atoms with van der Waals surface area (Å²) < 4.78 is 2.60. The summed E-state index contributed by atoms with van der Waals surface area (Å²) in [6, 6.07) is 67.0. The zero-order valence-corrected chi connectivity index (χ0v) is 35.2. The smallest absolute Gasteiger partial charge is 0.0640 e. The molecule has 2 nitrogen and oxygen atoms in total. The van der Waals surface area contributed by atoms with Gasteiger partial charge in [0.25, 0.3) is 0 Å². The molecule has 9 aromatic rings. The molecule has 0 saturated carbocycles. The minimum Gasteiger partial charge on any atom is -0.337 e.